The molecule has 386 valence electrons. The molecule has 2 aliphatic rings. The molecule has 13 N–H and O–H groups in total. The Hall–Kier alpha value is -5.12. The van der Waals surface area contributed by atoms with Crippen molar-refractivity contribution in [3.8, 4) is 0 Å². The van der Waals surface area contributed by atoms with Gasteiger partial charge in [-0.2, -0.15) is 4.58 Å². The number of unbranched alkanes of at least 4 members (excludes halogenated alkanes) is 2. The van der Waals surface area contributed by atoms with E-state index < -0.39 is 104 Å². The highest BCUT2D eigenvalue weighted by Gasteiger charge is 2.45. The molecule has 8 atom stereocenters. The quantitative estimate of drug-likeness (QED) is 0.0343. The Labute approximate surface area is 410 Å². The van der Waals surface area contributed by atoms with E-state index in [0.29, 0.717) is 36.4 Å². The van der Waals surface area contributed by atoms with Crippen LogP contribution >= 0.6 is 0 Å². The predicted molar refractivity (Wildman–Crippen MR) is 264 cm³/mol. The van der Waals surface area contributed by atoms with Crippen molar-refractivity contribution in [3.63, 3.8) is 0 Å². The number of aliphatic carboxylic acids is 1. The van der Waals surface area contributed by atoms with Gasteiger partial charge in [-0.15, -0.1) is 0 Å². The molecule has 2 amide bonds. The number of allylic oxidation sites excluding steroid dienone is 8. The van der Waals surface area contributed by atoms with Crippen LogP contribution in [0.2, 0.25) is 0 Å². The highest BCUT2D eigenvalue weighted by molar-refractivity contribution is 6.04. The molecule has 0 saturated carbocycles. The number of aliphatic hydroxyl groups excluding tert-OH is 10. The van der Waals surface area contributed by atoms with Crippen molar-refractivity contribution in [1.82, 2.24) is 10.6 Å². The second kappa shape index (κ2) is 25.8. The van der Waals surface area contributed by atoms with E-state index in [1.54, 1.807) is 18.2 Å². The molecule has 0 fully saturated rings. The lowest BCUT2D eigenvalue weighted by Crippen LogP contribution is -2.49. The van der Waals surface area contributed by atoms with Crippen LogP contribution in [0.5, 0.6) is 0 Å². The zero-order valence-corrected chi connectivity index (χ0v) is 41.0. The maximum atomic E-state index is 13.3. The van der Waals surface area contributed by atoms with Gasteiger partial charge < -0.3 is 71.7 Å². The van der Waals surface area contributed by atoms with Gasteiger partial charge in [-0.3, -0.25) is 14.4 Å². The summed E-state index contributed by atoms with van der Waals surface area (Å²) in [5, 5.41) is 113. The molecule has 0 spiro atoms. The first-order valence-electron chi connectivity index (χ1n) is 23.9. The Balaban J connectivity index is 1.53. The third-order valence-corrected chi connectivity index (χ3v) is 13.1. The van der Waals surface area contributed by atoms with Gasteiger partial charge in [-0.25, -0.2) is 0 Å². The van der Waals surface area contributed by atoms with E-state index in [2.05, 4.69) is 53.9 Å². The number of carbonyl (C=O) groups is 3. The van der Waals surface area contributed by atoms with E-state index in [1.807, 2.05) is 68.5 Å². The number of anilines is 1. The molecular weight excluding hydrogens is 905 g/mol. The van der Waals surface area contributed by atoms with Gasteiger partial charge in [0.15, 0.2) is 5.71 Å². The average molecular weight is 980 g/mol. The maximum absolute atomic E-state index is 13.3. The van der Waals surface area contributed by atoms with Gasteiger partial charge in [0.1, 0.15) is 43.2 Å². The number of nitrogens with one attached hydrogen (secondary N) is 2. The minimum absolute atomic E-state index is 0.0774. The number of hydrogen-bond donors (Lipinski definition) is 13. The molecule has 70 heavy (non-hydrogen) atoms. The topological polar surface area (TPSA) is 304 Å². The van der Waals surface area contributed by atoms with Gasteiger partial charge in [0, 0.05) is 78.1 Å². The summed E-state index contributed by atoms with van der Waals surface area (Å²) in [6.07, 6.45) is 2.77. The van der Waals surface area contributed by atoms with Gasteiger partial charge >= 0.3 is 5.97 Å². The zero-order chi connectivity index (χ0) is 52.1. The number of rotatable bonds is 27. The molecule has 2 heterocycles. The zero-order valence-electron chi connectivity index (χ0n) is 41.0. The van der Waals surface area contributed by atoms with Crippen molar-refractivity contribution in [2.75, 3.05) is 44.3 Å². The molecule has 18 nitrogen and oxygen atoms in total. The Bertz CT molecular complexity index is 2270. The number of fused-ring (bicyclic) bond motifs is 2. The summed E-state index contributed by atoms with van der Waals surface area (Å²) < 4.78 is 2.17. The Morgan fingerprint density at radius 1 is 0.657 bits per heavy atom. The second-order valence-electron chi connectivity index (χ2n) is 19.5. The van der Waals surface area contributed by atoms with Crippen LogP contribution in [-0.4, -0.2) is 172 Å². The van der Waals surface area contributed by atoms with Crippen LogP contribution in [0, 0.1) is 5.92 Å². The van der Waals surface area contributed by atoms with Crippen molar-refractivity contribution < 1.29 is 75.1 Å². The standard InChI is InChI=1S/C52H74N4O14/c1-31(2)22-24-56-37-21-19-33(50(70)54-28-39(60)46(66)48(68)41(62)30-58)26-35(37)52(5,6)43(56)16-12-9-7-8-11-15-42-51(3,4)34-25-32(18-20-36(34)55(42)23-14-10-13-17-44(63)64)49(69)53-27-38(59)45(65)47(67)40(61)29-57/h7-9,11-12,15-16,18-21,25-26,31,38-41,45-48,57-62,65-68H,10,13-14,17,22-24,27-30H2,1-6H3,(H2-,53,54,63,64,69,70)/p+1. The molecule has 0 radical (unpaired) electrons. The normalized spacial score (nSPS) is 19.4. The molecule has 0 saturated heterocycles. The lowest BCUT2D eigenvalue weighted by atomic mass is 9.80. The monoisotopic (exact) mass is 980 g/mol. The van der Waals surface area contributed by atoms with Gasteiger partial charge in [0.25, 0.3) is 11.8 Å². The van der Waals surface area contributed by atoms with Crippen LogP contribution in [0.3, 0.4) is 0 Å². The summed E-state index contributed by atoms with van der Waals surface area (Å²) in [4.78, 5) is 40.0. The maximum Gasteiger partial charge on any atom is 0.303 e. The van der Waals surface area contributed by atoms with Crippen LogP contribution in [0.25, 0.3) is 0 Å². The Morgan fingerprint density at radius 2 is 1.17 bits per heavy atom. The number of benzene rings is 2. The summed E-state index contributed by atoms with van der Waals surface area (Å²) >= 11 is 0. The third-order valence-electron chi connectivity index (χ3n) is 13.1. The summed E-state index contributed by atoms with van der Waals surface area (Å²) in [6.45, 7) is 11.4. The minimum Gasteiger partial charge on any atom is -0.481 e. The van der Waals surface area contributed by atoms with Crippen LogP contribution in [0.1, 0.15) is 105 Å². The van der Waals surface area contributed by atoms with E-state index in [0.717, 1.165) is 53.3 Å². The first kappa shape index (κ1) is 57.5. The van der Waals surface area contributed by atoms with E-state index in [9.17, 15) is 55.2 Å². The Kier molecular flexibility index (Phi) is 21.2. The minimum atomic E-state index is -1.83. The summed E-state index contributed by atoms with van der Waals surface area (Å²) in [7, 11) is 0. The van der Waals surface area contributed by atoms with Crippen molar-refractivity contribution >= 4 is 34.9 Å². The smallest absolute Gasteiger partial charge is 0.303 e. The van der Waals surface area contributed by atoms with Crippen LogP contribution in [-0.2, 0) is 15.6 Å². The second-order valence-corrected chi connectivity index (χ2v) is 19.5. The van der Waals surface area contributed by atoms with Crippen molar-refractivity contribution in [2.45, 2.75) is 133 Å². The van der Waals surface area contributed by atoms with Gasteiger partial charge in [-0.05, 0) is 81.0 Å². The molecule has 2 aromatic carbocycles. The van der Waals surface area contributed by atoms with E-state index in [-0.39, 0.29) is 6.42 Å². The molecule has 2 aliphatic heterocycles. The number of nitrogens with zero attached hydrogens (tertiary/aromatic N) is 2. The molecule has 0 aliphatic carbocycles. The van der Waals surface area contributed by atoms with Crippen molar-refractivity contribution in [1.29, 1.82) is 0 Å². The molecule has 0 aromatic heterocycles. The molecule has 0 bridgehead atoms. The fourth-order valence-electron chi connectivity index (χ4n) is 8.68. The number of amides is 2. The van der Waals surface area contributed by atoms with Crippen LogP contribution < -0.4 is 15.5 Å². The average Bonchev–Trinajstić information content (AvgIpc) is 3.68. The highest BCUT2D eigenvalue weighted by atomic mass is 16.4. The molecule has 2 aromatic rings. The van der Waals surface area contributed by atoms with Crippen LogP contribution in [0.15, 0.2) is 84.6 Å². The number of aliphatic hydroxyl groups is 10. The van der Waals surface area contributed by atoms with Crippen molar-refractivity contribution in [3.05, 3.63) is 107 Å². The third kappa shape index (κ3) is 14.3. The molecular formula is C52H75N4O14+. The van der Waals surface area contributed by atoms with Crippen molar-refractivity contribution in [2.24, 2.45) is 5.92 Å². The molecule has 4 rings (SSSR count). The van der Waals surface area contributed by atoms with E-state index in [1.165, 1.54) is 0 Å². The van der Waals surface area contributed by atoms with Crippen LogP contribution in [0.4, 0.5) is 11.4 Å². The Morgan fingerprint density at radius 3 is 1.71 bits per heavy atom. The van der Waals surface area contributed by atoms with Gasteiger partial charge in [0.2, 0.25) is 5.69 Å². The molecule has 18 heteroatoms. The van der Waals surface area contributed by atoms with Gasteiger partial charge in [0.05, 0.1) is 30.8 Å². The first-order valence-corrected chi connectivity index (χ1v) is 23.9. The largest absolute Gasteiger partial charge is 0.481 e. The molecule has 8 unspecified atom stereocenters. The fraction of sp³-hybridized carbons (Fsp3) is 0.538. The lowest BCUT2D eigenvalue weighted by molar-refractivity contribution is -0.438. The summed E-state index contributed by atoms with van der Waals surface area (Å²) in [5.41, 5.74) is 5.12. The number of carboxylic acids is 1. The fourth-order valence-corrected chi connectivity index (χ4v) is 8.68. The predicted octanol–water partition coefficient (Wildman–Crippen LogP) is 1.44. The summed E-state index contributed by atoms with van der Waals surface area (Å²) in [5.74, 6) is -1.47. The number of hydrogen-bond acceptors (Lipinski definition) is 14. The summed E-state index contributed by atoms with van der Waals surface area (Å²) in [6, 6.07) is 10.7. The first-order chi connectivity index (χ1) is 33.0. The van der Waals surface area contributed by atoms with Gasteiger partial charge in [-0.1, -0.05) is 58.1 Å². The SMILES string of the molecule is CC(C)CCN1C(=CC=CC=CC=CC2=[N+](CCCCCC(=O)O)c3ccc(C(=O)NCC(O)C(O)C(O)C(O)CO)cc3C2(C)C)C(C)(C)c2cc(C(=O)NCC(O)C(O)C(O)C(O)CO)ccc21. The highest BCUT2D eigenvalue weighted by Crippen LogP contribution is 2.48. The number of carbonyl (C=O) groups excluding carboxylic acids is 2. The van der Waals surface area contributed by atoms with E-state index >= 15 is 0 Å². The number of carboxylic acid groups (broad SMARTS) is 1. The van der Waals surface area contributed by atoms with E-state index in [4.69, 9.17) is 15.3 Å². The lowest BCUT2D eigenvalue weighted by Gasteiger charge is -2.27.